The number of nitrogens with one attached hydrogen (secondary N) is 1. The number of amides is 1. The molecule has 0 aliphatic heterocycles. The van der Waals surface area contributed by atoms with Crippen molar-refractivity contribution in [2.45, 2.75) is 26.2 Å². The lowest BCUT2D eigenvalue weighted by Crippen LogP contribution is -2.14. The quantitative estimate of drug-likeness (QED) is 0.830. The van der Waals surface area contributed by atoms with Crippen LogP contribution < -0.4 is 10.1 Å². The van der Waals surface area contributed by atoms with E-state index in [1.807, 2.05) is 35.7 Å². The van der Waals surface area contributed by atoms with Crippen molar-refractivity contribution in [3.8, 4) is 5.75 Å². The first kappa shape index (κ1) is 16.3. The predicted octanol–water partition coefficient (Wildman–Crippen LogP) is 4.71. The van der Waals surface area contributed by atoms with Crippen molar-refractivity contribution >= 4 is 29.0 Å². The van der Waals surface area contributed by atoms with Crippen LogP contribution in [0.2, 0.25) is 0 Å². The summed E-state index contributed by atoms with van der Waals surface area (Å²) in [5.74, 6) is 0.489. The van der Waals surface area contributed by atoms with Crippen LogP contribution >= 0.6 is 11.3 Å². The minimum atomic E-state index is -0.169. The molecule has 1 aromatic carbocycles. The van der Waals surface area contributed by atoms with Crippen molar-refractivity contribution < 1.29 is 9.53 Å². The average molecular weight is 315 g/mol. The summed E-state index contributed by atoms with van der Waals surface area (Å²) in [5, 5.41) is 4.87. The maximum absolute atomic E-state index is 12.1. The third-order valence-electron chi connectivity index (χ3n) is 3.27. The highest BCUT2D eigenvalue weighted by Crippen LogP contribution is 2.31. The number of anilines is 1. The minimum Gasteiger partial charge on any atom is -0.495 e. The molecule has 0 atom stereocenters. The molecular formula is C18H21NO2S. The Hall–Kier alpha value is -2.07. The fourth-order valence-electron chi connectivity index (χ4n) is 1.99. The minimum absolute atomic E-state index is 0.0125. The molecule has 3 nitrogen and oxygen atoms in total. The maximum Gasteiger partial charge on any atom is 0.248 e. The van der Waals surface area contributed by atoms with Gasteiger partial charge in [0.15, 0.2) is 0 Å². The highest BCUT2D eigenvalue weighted by Gasteiger charge is 2.16. The summed E-state index contributed by atoms with van der Waals surface area (Å²) in [6.07, 6.45) is 3.34. The predicted molar refractivity (Wildman–Crippen MR) is 93.7 cm³/mol. The van der Waals surface area contributed by atoms with Gasteiger partial charge in [0.2, 0.25) is 5.91 Å². The van der Waals surface area contributed by atoms with Gasteiger partial charge in [-0.1, -0.05) is 32.9 Å². The van der Waals surface area contributed by atoms with E-state index >= 15 is 0 Å². The second kappa shape index (κ2) is 6.79. The van der Waals surface area contributed by atoms with Crippen LogP contribution in [0, 0.1) is 0 Å². The molecule has 0 radical (unpaired) electrons. The standard InChI is InChI=1S/C18H21NO2S/c1-18(2,3)13-7-9-16(21-4)15(12-13)19-17(20)10-8-14-6-5-11-22-14/h5-12H,1-4H3,(H,19,20)/b10-8+. The molecule has 1 heterocycles. The summed E-state index contributed by atoms with van der Waals surface area (Å²) in [6, 6.07) is 9.80. The van der Waals surface area contributed by atoms with Gasteiger partial charge < -0.3 is 10.1 Å². The molecule has 2 aromatic rings. The molecule has 1 amide bonds. The molecule has 0 bridgehead atoms. The molecule has 0 aliphatic rings. The first-order valence-electron chi connectivity index (χ1n) is 7.11. The van der Waals surface area contributed by atoms with Crippen LogP contribution in [0.15, 0.2) is 41.8 Å². The van der Waals surface area contributed by atoms with E-state index in [0.29, 0.717) is 11.4 Å². The highest BCUT2D eigenvalue weighted by molar-refractivity contribution is 7.10. The molecule has 116 valence electrons. The molecule has 0 saturated heterocycles. The van der Waals surface area contributed by atoms with Crippen LogP contribution in [0.1, 0.15) is 31.2 Å². The average Bonchev–Trinajstić information content (AvgIpc) is 2.97. The normalized spacial score (nSPS) is 11.6. The van der Waals surface area contributed by atoms with E-state index < -0.39 is 0 Å². The Labute approximate surface area is 135 Å². The van der Waals surface area contributed by atoms with E-state index in [9.17, 15) is 4.79 Å². The van der Waals surface area contributed by atoms with Gasteiger partial charge in [0.25, 0.3) is 0 Å². The summed E-state index contributed by atoms with van der Waals surface area (Å²) in [4.78, 5) is 13.1. The SMILES string of the molecule is COc1ccc(C(C)(C)C)cc1NC(=O)/C=C/c1cccs1. The Balaban J connectivity index is 2.18. The van der Waals surface area contributed by atoms with E-state index in [2.05, 4.69) is 26.1 Å². The first-order chi connectivity index (χ1) is 10.4. The van der Waals surface area contributed by atoms with Gasteiger partial charge in [0, 0.05) is 11.0 Å². The molecule has 22 heavy (non-hydrogen) atoms. The van der Waals surface area contributed by atoms with Crippen LogP contribution in [-0.2, 0) is 10.2 Å². The molecule has 0 spiro atoms. The summed E-state index contributed by atoms with van der Waals surface area (Å²) in [6.45, 7) is 6.41. The molecule has 0 aliphatic carbocycles. The van der Waals surface area contributed by atoms with Crippen LogP contribution in [0.4, 0.5) is 5.69 Å². The molecule has 0 fully saturated rings. The van der Waals surface area contributed by atoms with Gasteiger partial charge in [-0.3, -0.25) is 4.79 Å². The van der Waals surface area contributed by atoms with Crippen LogP contribution in [-0.4, -0.2) is 13.0 Å². The zero-order valence-corrected chi connectivity index (χ0v) is 14.2. The van der Waals surface area contributed by atoms with Crippen LogP contribution in [0.5, 0.6) is 5.75 Å². The molecular weight excluding hydrogens is 294 g/mol. The lowest BCUT2D eigenvalue weighted by molar-refractivity contribution is -0.111. The van der Waals surface area contributed by atoms with E-state index in [1.54, 1.807) is 24.5 Å². The molecule has 0 saturated carbocycles. The number of rotatable bonds is 4. The van der Waals surface area contributed by atoms with Crippen molar-refractivity contribution in [3.05, 3.63) is 52.2 Å². The number of carbonyl (C=O) groups is 1. The molecule has 2 rings (SSSR count). The Morgan fingerprint density at radius 1 is 1.27 bits per heavy atom. The van der Waals surface area contributed by atoms with E-state index in [4.69, 9.17) is 4.74 Å². The van der Waals surface area contributed by atoms with Crippen LogP contribution in [0.3, 0.4) is 0 Å². The number of ether oxygens (including phenoxy) is 1. The Kier molecular flexibility index (Phi) is 5.03. The van der Waals surface area contributed by atoms with E-state index in [0.717, 1.165) is 10.4 Å². The summed E-state index contributed by atoms with van der Waals surface area (Å²) in [7, 11) is 1.60. The molecule has 0 unspecified atom stereocenters. The first-order valence-corrected chi connectivity index (χ1v) is 7.99. The Bertz CT molecular complexity index is 667. The van der Waals surface area contributed by atoms with Crippen molar-refractivity contribution in [3.63, 3.8) is 0 Å². The van der Waals surface area contributed by atoms with Gasteiger partial charge in [-0.15, -0.1) is 11.3 Å². The Morgan fingerprint density at radius 2 is 2.05 bits per heavy atom. The van der Waals surface area contributed by atoms with Gasteiger partial charge in [0.05, 0.1) is 12.8 Å². The Morgan fingerprint density at radius 3 is 2.64 bits per heavy atom. The third kappa shape index (κ3) is 4.21. The maximum atomic E-state index is 12.1. The molecule has 4 heteroatoms. The fourth-order valence-corrected chi connectivity index (χ4v) is 2.61. The highest BCUT2D eigenvalue weighted by atomic mass is 32.1. The monoisotopic (exact) mass is 315 g/mol. The number of thiophene rings is 1. The van der Waals surface area contributed by atoms with E-state index in [-0.39, 0.29) is 11.3 Å². The van der Waals surface area contributed by atoms with Gasteiger partial charge >= 0.3 is 0 Å². The topological polar surface area (TPSA) is 38.3 Å². The van der Waals surface area contributed by atoms with Gasteiger partial charge in [-0.05, 0) is 40.6 Å². The molecule has 1 aromatic heterocycles. The van der Waals surface area contributed by atoms with Gasteiger partial charge in [-0.2, -0.15) is 0 Å². The van der Waals surface area contributed by atoms with Gasteiger partial charge in [-0.25, -0.2) is 0 Å². The second-order valence-corrected chi connectivity index (χ2v) is 6.98. The number of hydrogen-bond donors (Lipinski definition) is 1. The van der Waals surface area contributed by atoms with Crippen molar-refractivity contribution in [2.24, 2.45) is 0 Å². The number of hydrogen-bond acceptors (Lipinski definition) is 3. The summed E-state index contributed by atoms with van der Waals surface area (Å²) >= 11 is 1.59. The summed E-state index contributed by atoms with van der Waals surface area (Å²) < 4.78 is 5.33. The number of methoxy groups -OCH3 is 1. The lowest BCUT2D eigenvalue weighted by atomic mass is 9.87. The number of carbonyl (C=O) groups excluding carboxylic acids is 1. The van der Waals surface area contributed by atoms with Crippen molar-refractivity contribution in [2.75, 3.05) is 12.4 Å². The van der Waals surface area contributed by atoms with Crippen molar-refractivity contribution in [1.82, 2.24) is 0 Å². The van der Waals surface area contributed by atoms with E-state index in [1.165, 1.54) is 6.08 Å². The lowest BCUT2D eigenvalue weighted by Gasteiger charge is -2.21. The van der Waals surface area contributed by atoms with Crippen molar-refractivity contribution in [1.29, 1.82) is 0 Å². The second-order valence-electron chi connectivity index (χ2n) is 6.00. The molecule has 1 N–H and O–H groups in total. The smallest absolute Gasteiger partial charge is 0.248 e. The fraction of sp³-hybridized carbons (Fsp3) is 0.278. The summed E-state index contributed by atoms with van der Waals surface area (Å²) in [5.41, 5.74) is 1.85. The zero-order chi connectivity index (χ0) is 16.2. The number of benzene rings is 1. The van der Waals surface area contributed by atoms with Gasteiger partial charge in [0.1, 0.15) is 5.75 Å². The third-order valence-corrected chi connectivity index (χ3v) is 4.10. The zero-order valence-electron chi connectivity index (χ0n) is 13.3. The van der Waals surface area contributed by atoms with Crippen LogP contribution in [0.25, 0.3) is 6.08 Å². The largest absolute Gasteiger partial charge is 0.495 e.